The van der Waals surface area contributed by atoms with Crippen molar-refractivity contribution in [3.63, 3.8) is 0 Å². The van der Waals surface area contributed by atoms with Crippen LogP contribution in [0.3, 0.4) is 0 Å². The Bertz CT molecular complexity index is 1060. The molecule has 0 spiro atoms. The Labute approximate surface area is 147 Å². The molecule has 25 heavy (non-hydrogen) atoms. The molecule has 4 rings (SSSR count). The number of nitrogens with zero attached hydrogens (tertiary/aromatic N) is 3. The van der Waals surface area contributed by atoms with E-state index < -0.39 is 0 Å². The molecule has 0 saturated heterocycles. The van der Waals surface area contributed by atoms with Crippen LogP contribution in [0.1, 0.15) is 19.4 Å². The Balaban J connectivity index is 2.12. The van der Waals surface area contributed by atoms with E-state index in [0.29, 0.717) is 0 Å². The van der Waals surface area contributed by atoms with Gasteiger partial charge in [-0.15, -0.1) is 0 Å². The lowest BCUT2D eigenvalue weighted by Gasteiger charge is -2.14. The molecule has 0 amide bonds. The highest BCUT2D eigenvalue weighted by atomic mass is 15.0. The fourth-order valence-corrected chi connectivity index (χ4v) is 3.11. The highest BCUT2D eigenvalue weighted by Crippen LogP contribution is 2.33. The van der Waals surface area contributed by atoms with E-state index in [-0.39, 0.29) is 6.04 Å². The minimum atomic E-state index is 0.272. The average Bonchev–Trinajstić information content (AvgIpc) is 2.61. The molecule has 4 nitrogen and oxygen atoms in total. The van der Waals surface area contributed by atoms with Gasteiger partial charge in [0.15, 0.2) is 5.82 Å². The first-order valence-corrected chi connectivity index (χ1v) is 8.50. The molecular formula is C21H20N4. The van der Waals surface area contributed by atoms with E-state index in [1.807, 2.05) is 18.2 Å². The third-order valence-corrected chi connectivity index (χ3v) is 4.20. The Morgan fingerprint density at radius 1 is 0.880 bits per heavy atom. The van der Waals surface area contributed by atoms with Crippen LogP contribution in [0.15, 0.2) is 54.9 Å². The minimum absolute atomic E-state index is 0.272. The molecule has 0 aliphatic carbocycles. The van der Waals surface area contributed by atoms with Crippen molar-refractivity contribution in [3.8, 4) is 11.3 Å². The maximum absolute atomic E-state index is 4.98. The Morgan fingerprint density at radius 3 is 2.44 bits per heavy atom. The fourth-order valence-electron chi connectivity index (χ4n) is 3.11. The van der Waals surface area contributed by atoms with Gasteiger partial charge in [0.2, 0.25) is 0 Å². The minimum Gasteiger partial charge on any atom is -0.366 e. The number of aromatic nitrogens is 3. The van der Waals surface area contributed by atoms with E-state index in [0.717, 1.165) is 38.9 Å². The molecule has 2 heterocycles. The van der Waals surface area contributed by atoms with Crippen LogP contribution in [-0.2, 0) is 0 Å². The summed E-state index contributed by atoms with van der Waals surface area (Å²) in [7, 11) is 0. The Hall–Kier alpha value is -3.01. The zero-order chi connectivity index (χ0) is 17.4. The van der Waals surface area contributed by atoms with Crippen molar-refractivity contribution in [1.82, 2.24) is 15.0 Å². The van der Waals surface area contributed by atoms with Gasteiger partial charge in [-0.2, -0.15) is 0 Å². The first kappa shape index (κ1) is 15.5. The standard InChI is InChI=1S/C21H20N4/c1-13(2)24-21-20-19(22-12-23-21)16-10-9-14(3)11-17(16)18(25-20)15-7-5-4-6-8-15/h4-13H,1-3H3,(H,22,23,24). The van der Waals surface area contributed by atoms with Gasteiger partial charge in [-0.05, 0) is 26.8 Å². The number of benzene rings is 2. The molecule has 0 fully saturated rings. The van der Waals surface area contributed by atoms with E-state index in [1.54, 1.807) is 6.33 Å². The zero-order valence-electron chi connectivity index (χ0n) is 14.6. The van der Waals surface area contributed by atoms with Gasteiger partial charge in [-0.3, -0.25) is 0 Å². The van der Waals surface area contributed by atoms with E-state index in [2.05, 4.69) is 66.4 Å². The molecule has 124 valence electrons. The number of rotatable bonds is 3. The lowest BCUT2D eigenvalue weighted by atomic mass is 10.0. The summed E-state index contributed by atoms with van der Waals surface area (Å²) in [6, 6.07) is 17.0. The van der Waals surface area contributed by atoms with Crippen LogP contribution in [0.2, 0.25) is 0 Å². The quantitative estimate of drug-likeness (QED) is 0.539. The van der Waals surface area contributed by atoms with E-state index >= 15 is 0 Å². The molecule has 0 bridgehead atoms. The monoisotopic (exact) mass is 328 g/mol. The second kappa shape index (κ2) is 6.13. The lowest BCUT2D eigenvalue weighted by Crippen LogP contribution is -2.12. The van der Waals surface area contributed by atoms with Gasteiger partial charge in [0.25, 0.3) is 0 Å². The van der Waals surface area contributed by atoms with Gasteiger partial charge in [0, 0.05) is 22.4 Å². The Kier molecular flexibility index (Phi) is 3.80. The smallest absolute Gasteiger partial charge is 0.156 e. The van der Waals surface area contributed by atoms with Gasteiger partial charge in [0.05, 0.1) is 5.69 Å². The normalized spacial score (nSPS) is 11.4. The molecule has 2 aromatic heterocycles. The molecule has 4 aromatic rings. The molecule has 0 unspecified atom stereocenters. The van der Waals surface area contributed by atoms with Crippen molar-refractivity contribution in [1.29, 1.82) is 0 Å². The molecule has 2 aromatic carbocycles. The van der Waals surface area contributed by atoms with Crippen LogP contribution in [0.5, 0.6) is 0 Å². The number of anilines is 1. The molecule has 0 radical (unpaired) electrons. The van der Waals surface area contributed by atoms with E-state index in [1.165, 1.54) is 5.56 Å². The van der Waals surface area contributed by atoms with Crippen LogP contribution in [-0.4, -0.2) is 21.0 Å². The average molecular weight is 328 g/mol. The van der Waals surface area contributed by atoms with Crippen LogP contribution in [0, 0.1) is 6.92 Å². The second-order valence-corrected chi connectivity index (χ2v) is 6.59. The topological polar surface area (TPSA) is 50.7 Å². The van der Waals surface area contributed by atoms with Gasteiger partial charge < -0.3 is 5.32 Å². The van der Waals surface area contributed by atoms with Gasteiger partial charge in [-0.25, -0.2) is 15.0 Å². The molecule has 0 aliphatic rings. The largest absolute Gasteiger partial charge is 0.366 e. The van der Waals surface area contributed by atoms with Crippen molar-refractivity contribution < 1.29 is 0 Å². The third-order valence-electron chi connectivity index (χ3n) is 4.20. The zero-order valence-corrected chi connectivity index (χ0v) is 14.6. The number of hydrogen-bond acceptors (Lipinski definition) is 4. The number of hydrogen-bond donors (Lipinski definition) is 1. The van der Waals surface area contributed by atoms with Crippen molar-refractivity contribution >= 4 is 27.6 Å². The molecule has 0 atom stereocenters. The summed E-state index contributed by atoms with van der Waals surface area (Å²) in [5.41, 5.74) is 4.97. The van der Waals surface area contributed by atoms with Gasteiger partial charge in [0.1, 0.15) is 17.4 Å². The molecule has 4 heteroatoms. The summed E-state index contributed by atoms with van der Waals surface area (Å²) in [6.45, 7) is 6.29. The first-order chi connectivity index (χ1) is 12.1. The summed E-state index contributed by atoms with van der Waals surface area (Å²) in [6.07, 6.45) is 1.61. The maximum Gasteiger partial charge on any atom is 0.156 e. The summed E-state index contributed by atoms with van der Waals surface area (Å²) in [5, 5.41) is 5.61. The Morgan fingerprint density at radius 2 is 1.68 bits per heavy atom. The predicted octanol–water partition coefficient (Wildman–Crippen LogP) is 4.97. The molecular weight excluding hydrogens is 308 g/mol. The van der Waals surface area contributed by atoms with Crippen molar-refractivity contribution in [2.24, 2.45) is 0 Å². The fraction of sp³-hybridized carbons (Fsp3) is 0.190. The van der Waals surface area contributed by atoms with Crippen LogP contribution in [0.25, 0.3) is 33.1 Å². The van der Waals surface area contributed by atoms with Crippen molar-refractivity contribution in [3.05, 3.63) is 60.4 Å². The first-order valence-electron chi connectivity index (χ1n) is 8.50. The SMILES string of the molecule is Cc1ccc2c(c1)c(-c1ccccc1)nc1c(NC(C)C)ncnc12. The van der Waals surface area contributed by atoms with E-state index in [4.69, 9.17) is 4.98 Å². The van der Waals surface area contributed by atoms with Gasteiger partial charge in [-0.1, -0.05) is 48.0 Å². The summed E-state index contributed by atoms with van der Waals surface area (Å²) >= 11 is 0. The second-order valence-electron chi connectivity index (χ2n) is 6.59. The van der Waals surface area contributed by atoms with Crippen molar-refractivity contribution in [2.45, 2.75) is 26.8 Å². The van der Waals surface area contributed by atoms with E-state index in [9.17, 15) is 0 Å². The number of pyridine rings is 1. The summed E-state index contributed by atoms with van der Waals surface area (Å²) < 4.78 is 0. The summed E-state index contributed by atoms with van der Waals surface area (Å²) in [4.78, 5) is 13.9. The number of aryl methyl sites for hydroxylation is 1. The maximum atomic E-state index is 4.98. The molecule has 1 N–H and O–H groups in total. The molecule has 0 saturated carbocycles. The molecule has 0 aliphatic heterocycles. The predicted molar refractivity (Wildman–Crippen MR) is 104 cm³/mol. The summed E-state index contributed by atoms with van der Waals surface area (Å²) in [5.74, 6) is 0.777. The number of nitrogens with one attached hydrogen (secondary N) is 1. The third kappa shape index (κ3) is 2.80. The lowest BCUT2D eigenvalue weighted by molar-refractivity contribution is 0.889. The highest BCUT2D eigenvalue weighted by molar-refractivity contribution is 6.11. The van der Waals surface area contributed by atoms with Crippen LogP contribution >= 0.6 is 0 Å². The van der Waals surface area contributed by atoms with Crippen LogP contribution < -0.4 is 5.32 Å². The number of fused-ring (bicyclic) bond motifs is 3. The van der Waals surface area contributed by atoms with Crippen molar-refractivity contribution in [2.75, 3.05) is 5.32 Å². The van der Waals surface area contributed by atoms with Gasteiger partial charge >= 0.3 is 0 Å². The highest BCUT2D eigenvalue weighted by Gasteiger charge is 2.15. The van der Waals surface area contributed by atoms with Crippen LogP contribution in [0.4, 0.5) is 5.82 Å².